The van der Waals surface area contributed by atoms with Crippen molar-refractivity contribution in [1.29, 1.82) is 0 Å². The Morgan fingerprint density at radius 1 is 1.19 bits per heavy atom. The van der Waals surface area contributed by atoms with E-state index in [4.69, 9.17) is 9.47 Å². The molecule has 1 amide bonds. The second-order valence-corrected chi connectivity index (χ2v) is 9.19. The van der Waals surface area contributed by atoms with Crippen molar-refractivity contribution in [3.63, 3.8) is 0 Å². The molecular formula is C27H32F2N4O3. The number of nitrogens with one attached hydrogen (secondary N) is 1. The van der Waals surface area contributed by atoms with Crippen LogP contribution in [-0.2, 0) is 4.79 Å². The highest BCUT2D eigenvalue weighted by molar-refractivity contribution is 5.92. The van der Waals surface area contributed by atoms with Gasteiger partial charge in [-0.2, -0.15) is 0 Å². The van der Waals surface area contributed by atoms with Gasteiger partial charge in [0.2, 0.25) is 5.91 Å². The molecule has 0 unspecified atom stereocenters. The minimum absolute atomic E-state index is 0.0138. The van der Waals surface area contributed by atoms with Crippen LogP contribution < -0.4 is 14.8 Å². The molecule has 0 aliphatic carbocycles. The number of aryl methyl sites for hydroxylation is 1. The Kier molecular flexibility index (Phi) is 7.56. The third-order valence-electron chi connectivity index (χ3n) is 6.78. The van der Waals surface area contributed by atoms with Crippen LogP contribution in [0.1, 0.15) is 61.7 Å². The molecule has 1 fully saturated rings. The monoisotopic (exact) mass is 498 g/mol. The topological polar surface area (TPSA) is 76.6 Å². The van der Waals surface area contributed by atoms with Gasteiger partial charge in [-0.25, -0.2) is 18.7 Å². The second kappa shape index (κ2) is 10.6. The predicted molar refractivity (Wildman–Crippen MR) is 135 cm³/mol. The first kappa shape index (κ1) is 25.6. The van der Waals surface area contributed by atoms with Gasteiger partial charge in [-0.1, -0.05) is 18.2 Å². The second-order valence-electron chi connectivity index (χ2n) is 9.19. The summed E-state index contributed by atoms with van der Waals surface area (Å²) in [6.07, 6.45) is -0.697. The summed E-state index contributed by atoms with van der Waals surface area (Å²) in [7, 11) is 1.57. The summed E-state index contributed by atoms with van der Waals surface area (Å²) in [5.41, 5.74) is 2.02. The Labute approximate surface area is 209 Å². The normalized spacial score (nSPS) is 16.4. The van der Waals surface area contributed by atoms with Gasteiger partial charge in [-0.05, 0) is 50.8 Å². The van der Waals surface area contributed by atoms with Gasteiger partial charge in [-0.15, -0.1) is 0 Å². The van der Waals surface area contributed by atoms with Gasteiger partial charge in [0.1, 0.15) is 18.2 Å². The molecule has 2 aromatic carbocycles. The molecule has 1 saturated heterocycles. The van der Waals surface area contributed by atoms with Crippen molar-refractivity contribution >= 4 is 22.6 Å². The lowest BCUT2D eigenvalue weighted by atomic mass is 9.97. The number of aromatic nitrogens is 2. The lowest BCUT2D eigenvalue weighted by Crippen LogP contribution is -2.37. The van der Waals surface area contributed by atoms with Crippen LogP contribution in [0, 0.1) is 13.8 Å². The van der Waals surface area contributed by atoms with Crippen molar-refractivity contribution in [1.82, 2.24) is 14.9 Å². The van der Waals surface area contributed by atoms with Crippen molar-refractivity contribution in [3.8, 4) is 11.5 Å². The highest BCUT2D eigenvalue weighted by atomic mass is 19.3. The molecule has 7 nitrogen and oxygen atoms in total. The third-order valence-corrected chi connectivity index (χ3v) is 6.78. The van der Waals surface area contributed by atoms with Gasteiger partial charge in [0, 0.05) is 30.5 Å². The lowest BCUT2D eigenvalue weighted by molar-refractivity contribution is -0.130. The standard InChI is InChI=1S/C27H32F2N4O3/c1-15-20(9-6-10-21(15)26(28)29)16(2)30-27-22-12-25(24(35-5)13-23(22)31-17(3)32-27)36-14-19-8-7-11-33(19)18(4)34/h6,9-10,12-13,16,19,26H,7-8,11,14H2,1-5H3,(H,30,31,32)/t16-,19+/m1/s1. The van der Waals surface area contributed by atoms with Crippen molar-refractivity contribution in [2.75, 3.05) is 25.6 Å². The zero-order valence-corrected chi connectivity index (χ0v) is 21.3. The quantitative estimate of drug-likeness (QED) is 0.426. The molecule has 2 atom stereocenters. The minimum atomic E-state index is -2.54. The number of amides is 1. The molecule has 36 heavy (non-hydrogen) atoms. The molecule has 9 heteroatoms. The van der Waals surface area contributed by atoms with Crippen molar-refractivity contribution < 1.29 is 23.0 Å². The van der Waals surface area contributed by atoms with Crippen LogP contribution in [0.5, 0.6) is 11.5 Å². The van der Waals surface area contributed by atoms with Crippen LogP contribution in [0.15, 0.2) is 30.3 Å². The summed E-state index contributed by atoms with van der Waals surface area (Å²) in [4.78, 5) is 22.9. The molecule has 3 aromatic rings. The molecule has 1 aromatic heterocycles. The number of hydrogen-bond donors (Lipinski definition) is 1. The summed E-state index contributed by atoms with van der Waals surface area (Å²) >= 11 is 0. The SMILES string of the molecule is COc1cc2nc(C)nc(N[C@H](C)c3cccc(C(F)F)c3C)c2cc1OC[C@@H]1CCCN1C(C)=O. The summed E-state index contributed by atoms with van der Waals surface area (Å²) in [6, 6.07) is 8.31. The first-order valence-corrected chi connectivity index (χ1v) is 12.1. The number of halogens is 2. The Balaban J connectivity index is 1.66. The molecule has 1 aliphatic heterocycles. The number of fused-ring (bicyclic) bond motifs is 1. The number of anilines is 1. The fourth-order valence-corrected chi connectivity index (χ4v) is 4.91. The van der Waals surface area contributed by atoms with E-state index in [1.807, 2.05) is 24.0 Å². The smallest absolute Gasteiger partial charge is 0.264 e. The van der Waals surface area contributed by atoms with Crippen molar-refractivity contribution in [3.05, 3.63) is 52.8 Å². The third kappa shape index (κ3) is 5.20. The number of nitrogens with zero attached hydrogens (tertiary/aromatic N) is 3. The average Bonchev–Trinajstić information content (AvgIpc) is 3.31. The number of ether oxygens (including phenoxy) is 2. The lowest BCUT2D eigenvalue weighted by Gasteiger charge is -2.24. The van der Waals surface area contributed by atoms with Crippen LogP contribution in [-0.4, -0.2) is 47.1 Å². The van der Waals surface area contributed by atoms with Gasteiger partial charge >= 0.3 is 0 Å². The largest absolute Gasteiger partial charge is 0.493 e. The number of alkyl halides is 2. The van der Waals surface area contributed by atoms with Crippen LogP contribution in [0.3, 0.4) is 0 Å². The molecular weight excluding hydrogens is 466 g/mol. The molecule has 192 valence electrons. The zero-order valence-electron chi connectivity index (χ0n) is 21.3. The van der Waals surface area contributed by atoms with Crippen molar-refractivity contribution in [2.45, 2.75) is 59.0 Å². The van der Waals surface area contributed by atoms with E-state index in [1.54, 1.807) is 40.0 Å². The number of carbonyl (C=O) groups excluding carboxylic acids is 1. The van der Waals surface area contributed by atoms with Gasteiger partial charge in [0.05, 0.1) is 24.7 Å². The Bertz CT molecular complexity index is 1270. The molecule has 0 spiro atoms. The van der Waals surface area contributed by atoms with E-state index < -0.39 is 6.43 Å². The van der Waals surface area contributed by atoms with Crippen molar-refractivity contribution in [2.24, 2.45) is 0 Å². The molecule has 1 N–H and O–H groups in total. The van der Waals surface area contributed by atoms with Crippen LogP contribution in [0.25, 0.3) is 10.9 Å². The molecule has 0 bridgehead atoms. The van der Waals surface area contributed by atoms with Gasteiger partial charge in [-0.3, -0.25) is 4.79 Å². The first-order chi connectivity index (χ1) is 17.2. The van der Waals surface area contributed by atoms with E-state index in [2.05, 4.69) is 15.3 Å². The molecule has 1 aliphatic rings. The van der Waals surface area contributed by atoms with E-state index in [9.17, 15) is 13.6 Å². The first-order valence-electron chi connectivity index (χ1n) is 12.1. The number of benzene rings is 2. The Morgan fingerprint density at radius 3 is 2.64 bits per heavy atom. The van der Waals surface area contributed by atoms with Gasteiger partial charge in [0.15, 0.2) is 11.5 Å². The summed E-state index contributed by atoms with van der Waals surface area (Å²) in [5.74, 6) is 2.24. The average molecular weight is 499 g/mol. The Hall–Kier alpha value is -3.49. The maximum Gasteiger partial charge on any atom is 0.264 e. The molecule has 0 saturated carbocycles. The van der Waals surface area contributed by atoms with E-state index in [-0.39, 0.29) is 23.6 Å². The van der Waals surface area contributed by atoms with E-state index >= 15 is 0 Å². The van der Waals surface area contributed by atoms with Gasteiger partial charge < -0.3 is 19.7 Å². The van der Waals surface area contributed by atoms with E-state index in [0.29, 0.717) is 40.8 Å². The summed E-state index contributed by atoms with van der Waals surface area (Å²) in [5, 5.41) is 4.11. The predicted octanol–water partition coefficient (Wildman–Crippen LogP) is 5.76. The minimum Gasteiger partial charge on any atom is -0.493 e. The van der Waals surface area contributed by atoms with Crippen LogP contribution >= 0.6 is 0 Å². The number of rotatable bonds is 8. The Morgan fingerprint density at radius 2 is 1.94 bits per heavy atom. The molecule has 4 rings (SSSR count). The fraction of sp³-hybridized carbons (Fsp3) is 0.444. The van der Waals surface area contributed by atoms with Crippen LogP contribution in [0.4, 0.5) is 14.6 Å². The number of carbonyl (C=O) groups is 1. The van der Waals surface area contributed by atoms with E-state index in [0.717, 1.165) is 30.3 Å². The maximum atomic E-state index is 13.4. The zero-order chi connectivity index (χ0) is 26.0. The number of hydrogen-bond acceptors (Lipinski definition) is 6. The van der Waals surface area contributed by atoms with Crippen LogP contribution in [0.2, 0.25) is 0 Å². The highest BCUT2D eigenvalue weighted by Gasteiger charge is 2.27. The highest BCUT2D eigenvalue weighted by Crippen LogP contribution is 2.36. The van der Waals surface area contributed by atoms with E-state index in [1.165, 1.54) is 6.07 Å². The molecule has 0 radical (unpaired) electrons. The molecule has 2 heterocycles. The number of likely N-dealkylation sites (tertiary alicyclic amines) is 1. The number of methoxy groups -OCH3 is 1. The van der Waals surface area contributed by atoms with Gasteiger partial charge in [0.25, 0.3) is 6.43 Å². The summed E-state index contributed by atoms with van der Waals surface area (Å²) in [6.45, 7) is 8.09. The fourth-order valence-electron chi connectivity index (χ4n) is 4.91. The maximum absolute atomic E-state index is 13.4. The summed E-state index contributed by atoms with van der Waals surface area (Å²) < 4.78 is 38.6.